The Morgan fingerprint density at radius 1 is 1.00 bits per heavy atom. The van der Waals surface area contributed by atoms with Gasteiger partial charge in [-0.25, -0.2) is 4.98 Å². The van der Waals surface area contributed by atoms with Crippen LogP contribution >= 0.6 is 0 Å². The summed E-state index contributed by atoms with van der Waals surface area (Å²) in [5.74, 6) is 1.28. The molecular weight excluding hydrogens is 380 g/mol. The maximum Gasteiger partial charge on any atom is 0.256 e. The second kappa shape index (κ2) is 8.57. The lowest BCUT2D eigenvalue weighted by atomic mass is 10.2. The molecule has 0 fully saturated rings. The van der Waals surface area contributed by atoms with E-state index >= 15 is 0 Å². The van der Waals surface area contributed by atoms with Crippen LogP contribution in [0.1, 0.15) is 15.9 Å². The van der Waals surface area contributed by atoms with Crippen molar-refractivity contribution in [2.24, 2.45) is 0 Å². The highest BCUT2D eigenvalue weighted by molar-refractivity contribution is 6.04. The molecule has 4 aromatic rings. The zero-order valence-corrected chi connectivity index (χ0v) is 16.8. The predicted octanol–water partition coefficient (Wildman–Crippen LogP) is 3.99. The number of amides is 1. The van der Waals surface area contributed by atoms with Gasteiger partial charge in [-0.2, -0.15) is 0 Å². The van der Waals surface area contributed by atoms with Crippen molar-refractivity contribution in [2.75, 3.05) is 19.5 Å². The van der Waals surface area contributed by atoms with Crippen LogP contribution < -0.4 is 14.8 Å². The highest BCUT2D eigenvalue weighted by Gasteiger charge is 2.12. The predicted molar refractivity (Wildman–Crippen MR) is 115 cm³/mol. The van der Waals surface area contributed by atoms with E-state index in [0.717, 1.165) is 11.3 Å². The van der Waals surface area contributed by atoms with Gasteiger partial charge in [0.15, 0.2) is 17.3 Å². The van der Waals surface area contributed by atoms with Gasteiger partial charge >= 0.3 is 0 Å². The topological polar surface area (TPSA) is 70.3 Å². The summed E-state index contributed by atoms with van der Waals surface area (Å²) in [6.07, 6.45) is 7.53. The van der Waals surface area contributed by atoms with Gasteiger partial charge in [-0.05, 0) is 48.0 Å². The molecule has 1 amide bonds. The molecule has 0 aliphatic heterocycles. The van der Waals surface area contributed by atoms with Crippen molar-refractivity contribution in [3.8, 4) is 17.2 Å². The second-order valence-corrected chi connectivity index (χ2v) is 6.72. The van der Waals surface area contributed by atoms with E-state index in [2.05, 4.69) is 33.1 Å². The van der Waals surface area contributed by atoms with E-state index in [4.69, 9.17) is 9.47 Å². The average molecular weight is 402 g/mol. The summed E-state index contributed by atoms with van der Waals surface area (Å²) in [6, 6.07) is 17.3. The fraction of sp³-hybridized carbons (Fsp3) is 0.130. The van der Waals surface area contributed by atoms with E-state index in [0.29, 0.717) is 29.4 Å². The first kappa shape index (κ1) is 19.3. The van der Waals surface area contributed by atoms with Gasteiger partial charge < -0.3 is 23.9 Å². The Balaban J connectivity index is 1.45. The number of benzene rings is 2. The molecule has 1 N–H and O–H groups in total. The molecule has 0 aliphatic carbocycles. The SMILES string of the molecule is COc1ccc(C(=O)Nc2cn(Cc3cccc(-n4cccc4)c3)cn2)cc1OC. The van der Waals surface area contributed by atoms with Gasteiger partial charge in [0.05, 0.1) is 20.5 Å². The van der Waals surface area contributed by atoms with E-state index < -0.39 is 0 Å². The van der Waals surface area contributed by atoms with E-state index in [1.54, 1.807) is 37.8 Å². The monoisotopic (exact) mass is 402 g/mol. The van der Waals surface area contributed by atoms with Crippen LogP contribution in [0.5, 0.6) is 11.5 Å². The summed E-state index contributed by atoms with van der Waals surface area (Å²) in [6.45, 7) is 0.647. The standard InChI is InChI=1S/C23H22N4O3/c1-29-20-9-8-18(13-21(20)30-2)23(28)25-22-15-26(16-24-22)14-17-6-5-7-19(12-17)27-10-3-4-11-27/h3-13,15-16H,14H2,1-2H3,(H,25,28). The van der Waals surface area contributed by atoms with Gasteiger partial charge in [-0.15, -0.1) is 0 Å². The van der Waals surface area contributed by atoms with Crippen molar-refractivity contribution in [1.82, 2.24) is 14.1 Å². The van der Waals surface area contributed by atoms with Crippen LogP contribution in [-0.4, -0.2) is 34.2 Å². The van der Waals surface area contributed by atoms with Crippen molar-refractivity contribution in [3.05, 3.63) is 90.6 Å². The number of imidazole rings is 1. The highest BCUT2D eigenvalue weighted by atomic mass is 16.5. The summed E-state index contributed by atoms with van der Waals surface area (Å²) in [7, 11) is 3.09. The van der Waals surface area contributed by atoms with E-state index in [9.17, 15) is 4.79 Å². The lowest BCUT2D eigenvalue weighted by molar-refractivity contribution is 0.102. The number of ether oxygens (including phenoxy) is 2. The first-order valence-corrected chi connectivity index (χ1v) is 9.43. The third-order valence-electron chi connectivity index (χ3n) is 4.70. The van der Waals surface area contributed by atoms with Crippen LogP contribution in [0, 0.1) is 0 Å². The maximum atomic E-state index is 12.6. The van der Waals surface area contributed by atoms with Crippen molar-refractivity contribution in [2.45, 2.75) is 6.54 Å². The molecule has 2 aromatic heterocycles. The van der Waals surface area contributed by atoms with Crippen molar-refractivity contribution in [3.63, 3.8) is 0 Å². The maximum absolute atomic E-state index is 12.6. The Morgan fingerprint density at radius 2 is 1.80 bits per heavy atom. The number of anilines is 1. The molecule has 0 bridgehead atoms. The Hall–Kier alpha value is -4.00. The second-order valence-electron chi connectivity index (χ2n) is 6.72. The number of hydrogen-bond acceptors (Lipinski definition) is 4. The van der Waals surface area contributed by atoms with Crippen LogP contribution in [0.15, 0.2) is 79.5 Å². The molecule has 0 radical (unpaired) electrons. The number of nitrogens with one attached hydrogen (secondary N) is 1. The summed E-state index contributed by atoms with van der Waals surface area (Å²) in [4.78, 5) is 16.9. The molecular formula is C23H22N4O3. The normalized spacial score (nSPS) is 10.6. The molecule has 7 nitrogen and oxygen atoms in total. The Labute approximate surface area is 174 Å². The first-order chi connectivity index (χ1) is 14.7. The molecule has 4 rings (SSSR count). The molecule has 0 saturated heterocycles. The fourth-order valence-corrected chi connectivity index (χ4v) is 3.21. The van der Waals surface area contributed by atoms with Crippen molar-refractivity contribution < 1.29 is 14.3 Å². The van der Waals surface area contributed by atoms with E-state index in [-0.39, 0.29) is 5.91 Å². The highest BCUT2D eigenvalue weighted by Crippen LogP contribution is 2.27. The van der Waals surface area contributed by atoms with E-state index in [1.807, 2.05) is 35.2 Å². The smallest absolute Gasteiger partial charge is 0.256 e. The Kier molecular flexibility index (Phi) is 5.52. The minimum absolute atomic E-state index is 0.268. The third kappa shape index (κ3) is 4.20. The molecule has 0 unspecified atom stereocenters. The molecule has 0 aliphatic rings. The van der Waals surface area contributed by atoms with Crippen molar-refractivity contribution in [1.29, 1.82) is 0 Å². The molecule has 2 heterocycles. The Morgan fingerprint density at radius 3 is 2.57 bits per heavy atom. The zero-order valence-electron chi connectivity index (χ0n) is 16.8. The van der Waals surface area contributed by atoms with Gasteiger partial charge in [-0.3, -0.25) is 4.79 Å². The van der Waals surface area contributed by atoms with Gasteiger partial charge in [0.1, 0.15) is 0 Å². The number of rotatable bonds is 7. The summed E-state index contributed by atoms with van der Waals surface area (Å²) in [5, 5.41) is 2.82. The molecule has 0 saturated carbocycles. The minimum Gasteiger partial charge on any atom is -0.493 e. The summed E-state index contributed by atoms with van der Waals surface area (Å²) < 4.78 is 14.5. The average Bonchev–Trinajstić information content (AvgIpc) is 3.46. The number of methoxy groups -OCH3 is 2. The van der Waals surface area contributed by atoms with Gasteiger partial charge in [0.25, 0.3) is 5.91 Å². The van der Waals surface area contributed by atoms with Gasteiger partial charge in [-0.1, -0.05) is 12.1 Å². The number of hydrogen-bond donors (Lipinski definition) is 1. The molecule has 0 spiro atoms. The largest absolute Gasteiger partial charge is 0.493 e. The fourth-order valence-electron chi connectivity index (χ4n) is 3.21. The first-order valence-electron chi connectivity index (χ1n) is 9.43. The van der Waals surface area contributed by atoms with Crippen LogP contribution in [0.4, 0.5) is 5.82 Å². The Bertz CT molecular complexity index is 1150. The molecule has 2 aromatic carbocycles. The lowest BCUT2D eigenvalue weighted by Gasteiger charge is -2.09. The van der Waals surface area contributed by atoms with Gasteiger partial charge in [0, 0.05) is 36.4 Å². The molecule has 0 atom stereocenters. The van der Waals surface area contributed by atoms with E-state index in [1.165, 1.54) is 7.11 Å². The third-order valence-corrected chi connectivity index (χ3v) is 4.70. The van der Waals surface area contributed by atoms with Crippen LogP contribution in [-0.2, 0) is 6.54 Å². The number of carbonyl (C=O) groups is 1. The number of aromatic nitrogens is 3. The molecule has 152 valence electrons. The minimum atomic E-state index is -0.268. The summed E-state index contributed by atoms with van der Waals surface area (Å²) >= 11 is 0. The number of carbonyl (C=O) groups excluding carboxylic acids is 1. The van der Waals surface area contributed by atoms with Crippen molar-refractivity contribution >= 4 is 11.7 Å². The quantitative estimate of drug-likeness (QED) is 0.507. The van der Waals surface area contributed by atoms with Crippen LogP contribution in [0.3, 0.4) is 0 Å². The molecule has 30 heavy (non-hydrogen) atoms. The van der Waals surface area contributed by atoms with Crippen LogP contribution in [0.2, 0.25) is 0 Å². The number of nitrogens with zero attached hydrogens (tertiary/aromatic N) is 3. The van der Waals surface area contributed by atoms with Crippen LogP contribution in [0.25, 0.3) is 5.69 Å². The lowest BCUT2D eigenvalue weighted by Crippen LogP contribution is -2.12. The summed E-state index contributed by atoms with van der Waals surface area (Å²) in [5.41, 5.74) is 2.69. The van der Waals surface area contributed by atoms with Gasteiger partial charge in [0.2, 0.25) is 0 Å². The zero-order chi connectivity index (χ0) is 20.9. The molecule has 7 heteroatoms.